The first-order valence-corrected chi connectivity index (χ1v) is 8.95. The van der Waals surface area contributed by atoms with Gasteiger partial charge in [-0.2, -0.15) is 0 Å². The predicted octanol–water partition coefficient (Wildman–Crippen LogP) is 3.17. The second-order valence-corrected chi connectivity index (χ2v) is 6.10. The molecule has 3 rings (SSSR count). The molecule has 0 fully saturated rings. The summed E-state index contributed by atoms with van der Waals surface area (Å²) in [6, 6.07) is 11.9. The summed E-state index contributed by atoms with van der Waals surface area (Å²) in [6.07, 6.45) is 6.22. The van der Waals surface area contributed by atoms with Gasteiger partial charge in [0.1, 0.15) is 0 Å². The van der Waals surface area contributed by atoms with Crippen LogP contribution < -0.4 is 0 Å². The van der Waals surface area contributed by atoms with E-state index in [2.05, 4.69) is 36.0 Å². The summed E-state index contributed by atoms with van der Waals surface area (Å²) in [5.41, 5.74) is 10.9. The Morgan fingerprint density at radius 1 is 0.710 bits per heavy atom. The third-order valence-electron chi connectivity index (χ3n) is 3.96. The Balaban J connectivity index is 0.00000341. The summed E-state index contributed by atoms with van der Waals surface area (Å²) in [6.45, 7) is 3.46. The maximum Gasteiger partial charge on any atom is 2.00 e. The second kappa shape index (κ2) is 11.4. The van der Waals surface area contributed by atoms with E-state index >= 15 is 0 Å². The Hall–Kier alpha value is -3.75. The van der Waals surface area contributed by atoms with Gasteiger partial charge in [-0.05, 0) is 50.2 Å². The van der Waals surface area contributed by atoms with Gasteiger partial charge in [-0.3, -0.25) is 19.6 Å². The molecule has 0 saturated heterocycles. The molecule has 0 aliphatic carbocycles. The first-order chi connectivity index (χ1) is 14.5. The molecule has 9 nitrogen and oxygen atoms in total. The monoisotopic (exact) mass is 457 g/mol. The summed E-state index contributed by atoms with van der Waals surface area (Å²) < 4.78 is 0. The molecule has 31 heavy (non-hydrogen) atoms. The maximum absolute atomic E-state index is 10.0. The van der Waals surface area contributed by atoms with Gasteiger partial charge in [0.25, 0.3) is 11.8 Å². The molecule has 3 aromatic rings. The number of carbonyl (C=O) groups excluding carboxylic acids is 2. The Labute approximate surface area is 189 Å². The van der Waals surface area contributed by atoms with E-state index in [9.17, 15) is 9.59 Å². The van der Waals surface area contributed by atoms with Gasteiger partial charge in [0.15, 0.2) is 0 Å². The van der Waals surface area contributed by atoms with Crippen molar-refractivity contribution in [1.29, 1.82) is 0 Å². The van der Waals surface area contributed by atoms with E-state index < -0.39 is 0 Å². The van der Waals surface area contributed by atoms with Gasteiger partial charge in [-0.25, -0.2) is 4.98 Å². The normalized spacial score (nSPS) is 11.3. The van der Waals surface area contributed by atoms with Crippen molar-refractivity contribution in [1.82, 2.24) is 15.0 Å². The Kier molecular flexibility index (Phi) is 8.68. The van der Waals surface area contributed by atoms with Crippen molar-refractivity contribution in [2.45, 2.75) is 13.8 Å². The summed E-state index contributed by atoms with van der Waals surface area (Å²) in [4.78, 5) is 32.3. The van der Waals surface area contributed by atoms with E-state index in [1.54, 1.807) is 81.1 Å². The van der Waals surface area contributed by atoms with Crippen LogP contribution in [-0.4, -0.2) is 47.8 Å². The predicted molar refractivity (Wildman–Crippen MR) is 116 cm³/mol. The van der Waals surface area contributed by atoms with Crippen molar-refractivity contribution in [3.8, 4) is 0 Å². The second-order valence-electron chi connectivity index (χ2n) is 6.10. The molecule has 0 bridgehead atoms. The summed E-state index contributed by atoms with van der Waals surface area (Å²) in [5, 5.41) is 8.09. The van der Waals surface area contributed by atoms with Crippen molar-refractivity contribution >= 4 is 23.2 Å². The van der Waals surface area contributed by atoms with Crippen molar-refractivity contribution in [2.24, 2.45) is 10.2 Å². The number of aromatic nitrogens is 3. The van der Waals surface area contributed by atoms with Crippen molar-refractivity contribution in [3.05, 3.63) is 101 Å². The molecule has 0 spiro atoms. The molecular formula is C21H19FeN7O2+2. The largest absolute Gasteiger partial charge is 2.00 e. The molecular weight excluding hydrogens is 438 g/mol. The van der Waals surface area contributed by atoms with Crippen LogP contribution in [-0.2, 0) is 17.1 Å². The van der Waals surface area contributed by atoms with E-state index in [1.807, 2.05) is 0 Å². The zero-order valence-corrected chi connectivity index (χ0v) is 17.8. The maximum atomic E-state index is 10.0. The van der Waals surface area contributed by atoms with Crippen molar-refractivity contribution < 1.29 is 26.7 Å². The topological polar surface area (TPSA) is 134 Å². The number of amides is 2. The summed E-state index contributed by atoms with van der Waals surface area (Å²) in [7, 11) is 0. The van der Waals surface area contributed by atoms with Crippen molar-refractivity contribution in [3.63, 3.8) is 0 Å². The average Bonchev–Trinajstić information content (AvgIpc) is 2.81. The minimum Gasteiger partial charge on any atom is -0.490 e. The first-order valence-electron chi connectivity index (χ1n) is 8.95. The van der Waals surface area contributed by atoms with Gasteiger partial charge in [0, 0.05) is 36.2 Å². The van der Waals surface area contributed by atoms with Crippen LogP contribution in [0.5, 0.6) is 0 Å². The van der Waals surface area contributed by atoms with Gasteiger partial charge in [-0.15, -0.1) is 0 Å². The van der Waals surface area contributed by atoms with E-state index in [-0.39, 0.29) is 28.9 Å². The fourth-order valence-electron chi connectivity index (χ4n) is 2.30. The Morgan fingerprint density at radius 3 is 1.48 bits per heavy atom. The number of hydrogen-bond donors (Lipinski definition) is 0. The Bertz CT molecular complexity index is 1020. The molecule has 3 heterocycles. The van der Waals surface area contributed by atoms with Gasteiger partial charge in [0.2, 0.25) is 0 Å². The average molecular weight is 457 g/mol. The fourth-order valence-corrected chi connectivity index (χ4v) is 2.30. The van der Waals surface area contributed by atoms with Crippen LogP contribution in [0.4, 0.5) is 0 Å². The third kappa shape index (κ3) is 6.63. The van der Waals surface area contributed by atoms with Crippen LogP contribution in [0, 0.1) is 0 Å². The third-order valence-corrected chi connectivity index (χ3v) is 3.96. The molecule has 0 unspecified atom stereocenters. The first kappa shape index (κ1) is 23.5. The number of nitrogens with zero attached hydrogens (tertiary/aromatic N) is 7. The molecule has 3 aromatic heterocycles. The molecule has 2 amide bonds. The van der Waals surface area contributed by atoms with E-state index in [4.69, 9.17) is 0 Å². The zero-order valence-electron chi connectivity index (χ0n) is 16.7. The van der Waals surface area contributed by atoms with Crippen LogP contribution in [0.2, 0.25) is 0 Å². The minimum atomic E-state index is -0.216. The van der Waals surface area contributed by atoms with E-state index in [0.29, 0.717) is 33.9 Å². The van der Waals surface area contributed by atoms with Gasteiger partial charge in [0.05, 0.1) is 22.5 Å². The molecule has 0 aliphatic heterocycles. The van der Waals surface area contributed by atoms with Crippen LogP contribution in [0.3, 0.4) is 0 Å². The molecule has 0 atom stereocenters. The van der Waals surface area contributed by atoms with Gasteiger partial charge < -0.3 is 21.1 Å². The standard InChI is InChI=1S/C21H19N7O2.Fe/c1-14(25-27-20(29)16-6-10-22-11-7-16)18-4-3-5-19(24-18)15(2)26-28-21(30)17-8-12-23-13-9-17;/h3-13H,1-2H3,(H2,24,27,28,29,30);/q;+2. The summed E-state index contributed by atoms with van der Waals surface area (Å²) >= 11 is 0. The smallest absolute Gasteiger partial charge is 0.490 e. The van der Waals surface area contributed by atoms with Crippen molar-refractivity contribution in [2.75, 3.05) is 0 Å². The summed E-state index contributed by atoms with van der Waals surface area (Å²) in [5.74, 6) is -0.432. The van der Waals surface area contributed by atoms with Gasteiger partial charge in [-0.1, -0.05) is 6.07 Å². The molecule has 0 radical (unpaired) electrons. The SMILES string of the molecule is CC(=N[N-]C(=[OH+])c1ccncc1)c1cccc(C(C)=N[N-]C(=[OH+])c2ccncc2)n1.[Fe+2]. The van der Waals surface area contributed by atoms with Crippen LogP contribution >= 0.6 is 0 Å². The molecule has 2 N–H and O–H groups in total. The van der Waals surface area contributed by atoms with E-state index in [0.717, 1.165) is 0 Å². The number of rotatable bonds is 6. The van der Waals surface area contributed by atoms with Crippen LogP contribution in [0.15, 0.2) is 77.5 Å². The zero-order chi connectivity index (χ0) is 21.3. The molecule has 10 heteroatoms. The quantitative estimate of drug-likeness (QED) is 0.244. The molecule has 0 saturated carbocycles. The van der Waals surface area contributed by atoms with Gasteiger partial charge >= 0.3 is 17.1 Å². The fraction of sp³-hybridized carbons (Fsp3) is 0.0952. The van der Waals surface area contributed by atoms with E-state index in [1.165, 1.54) is 0 Å². The van der Waals surface area contributed by atoms with Crippen LogP contribution in [0.25, 0.3) is 10.9 Å². The minimum absolute atomic E-state index is 0. The molecule has 0 aliphatic rings. The number of hydrogen-bond acceptors (Lipinski definition) is 5. The number of pyridine rings is 3. The molecule has 0 aromatic carbocycles. The van der Waals surface area contributed by atoms with Crippen LogP contribution in [0.1, 0.15) is 36.4 Å². The Morgan fingerprint density at radius 2 is 1.10 bits per heavy atom. The molecule has 156 valence electrons.